The zero-order valence-corrected chi connectivity index (χ0v) is 13.0. The Morgan fingerprint density at radius 1 is 1.14 bits per heavy atom. The summed E-state index contributed by atoms with van der Waals surface area (Å²) in [6.07, 6.45) is 4.65. The van der Waals surface area contributed by atoms with Gasteiger partial charge in [-0.1, -0.05) is 18.2 Å². The molecule has 4 heteroatoms. The predicted molar refractivity (Wildman–Crippen MR) is 85.9 cm³/mol. The number of hydrogen-bond donors (Lipinski definition) is 0. The number of amides is 1. The zero-order valence-electron chi connectivity index (χ0n) is 13.0. The summed E-state index contributed by atoms with van der Waals surface area (Å²) in [6, 6.07) is 10.5. The van der Waals surface area contributed by atoms with Crippen LogP contribution in [-0.2, 0) is 0 Å². The molecule has 22 heavy (non-hydrogen) atoms. The van der Waals surface area contributed by atoms with E-state index < -0.39 is 0 Å². The molecule has 1 aromatic heterocycles. The number of furan rings is 1. The third-order valence-corrected chi connectivity index (χ3v) is 5.22. The number of benzene rings is 1. The minimum Gasteiger partial charge on any atom is -0.451 e. The summed E-state index contributed by atoms with van der Waals surface area (Å²) in [7, 11) is 2.18. The molecule has 4 nitrogen and oxygen atoms in total. The van der Waals surface area contributed by atoms with Crippen molar-refractivity contribution in [3.63, 3.8) is 0 Å². The summed E-state index contributed by atoms with van der Waals surface area (Å²) in [4.78, 5) is 17.4. The molecule has 2 atom stereocenters. The van der Waals surface area contributed by atoms with Crippen LogP contribution < -0.4 is 0 Å². The van der Waals surface area contributed by atoms with E-state index in [0.29, 0.717) is 17.8 Å². The van der Waals surface area contributed by atoms with Crippen molar-refractivity contribution in [3.8, 4) is 0 Å². The van der Waals surface area contributed by atoms with E-state index in [0.717, 1.165) is 36.9 Å². The summed E-state index contributed by atoms with van der Waals surface area (Å²) >= 11 is 0. The third-order valence-electron chi connectivity index (χ3n) is 5.22. The second-order valence-electron chi connectivity index (χ2n) is 6.55. The maximum atomic E-state index is 12.9. The molecular weight excluding hydrogens is 276 g/mol. The molecule has 0 aliphatic carbocycles. The number of para-hydroxylation sites is 1. The molecule has 0 saturated carbocycles. The third kappa shape index (κ3) is 2.22. The van der Waals surface area contributed by atoms with Gasteiger partial charge in [-0.15, -0.1) is 0 Å². The minimum absolute atomic E-state index is 0.0546. The topological polar surface area (TPSA) is 36.7 Å². The molecule has 0 N–H and O–H groups in total. The van der Waals surface area contributed by atoms with Crippen LogP contribution in [0, 0.1) is 0 Å². The molecule has 0 bridgehead atoms. The molecule has 2 saturated heterocycles. The fourth-order valence-corrected chi connectivity index (χ4v) is 4.10. The molecule has 3 heterocycles. The molecule has 2 aliphatic heterocycles. The van der Waals surface area contributed by atoms with Crippen LogP contribution in [0.2, 0.25) is 0 Å². The number of likely N-dealkylation sites (N-methyl/N-ethyl adjacent to an activating group) is 1. The standard InChI is InChI=1S/C18H22N2O2/c1-19-10-4-7-14(19)15-8-5-11-20(15)18(21)17-12-13-6-2-3-9-16(13)22-17/h2-3,6,9,12,14-15H,4-5,7-8,10-11H2,1H3. The monoisotopic (exact) mass is 298 g/mol. The van der Waals surface area contributed by atoms with E-state index in [-0.39, 0.29) is 5.91 Å². The van der Waals surface area contributed by atoms with Crippen LogP contribution in [-0.4, -0.2) is 47.9 Å². The van der Waals surface area contributed by atoms with E-state index >= 15 is 0 Å². The van der Waals surface area contributed by atoms with Crippen molar-refractivity contribution < 1.29 is 9.21 Å². The Morgan fingerprint density at radius 3 is 2.68 bits per heavy atom. The molecule has 2 unspecified atom stereocenters. The minimum atomic E-state index is 0.0546. The van der Waals surface area contributed by atoms with Crippen molar-refractivity contribution >= 4 is 16.9 Å². The zero-order chi connectivity index (χ0) is 15.1. The van der Waals surface area contributed by atoms with Crippen LogP contribution in [0.5, 0.6) is 0 Å². The van der Waals surface area contributed by atoms with E-state index in [2.05, 4.69) is 11.9 Å². The Morgan fingerprint density at radius 2 is 1.91 bits per heavy atom. The van der Waals surface area contributed by atoms with Crippen LogP contribution in [0.4, 0.5) is 0 Å². The van der Waals surface area contributed by atoms with Crippen molar-refractivity contribution in [2.75, 3.05) is 20.1 Å². The van der Waals surface area contributed by atoms with Gasteiger partial charge in [0.1, 0.15) is 5.58 Å². The van der Waals surface area contributed by atoms with Gasteiger partial charge in [0.2, 0.25) is 0 Å². The van der Waals surface area contributed by atoms with Crippen LogP contribution in [0.15, 0.2) is 34.7 Å². The van der Waals surface area contributed by atoms with Crippen LogP contribution >= 0.6 is 0 Å². The smallest absolute Gasteiger partial charge is 0.289 e. The van der Waals surface area contributed by atoms with Crippen molar-refractivity contribution in [1.82, 2.24) is 9.80 Å². The summed E-state index contributed by atoms with van der Waals surface area (Å²) in [6.45, 7) is 2.00. The normalized spacial score (nSPS) is 26.1. The lowest BCUT2D eigenvalue weighted by molar-refractivity contribution is 0.0635. The molecule has 2 aliphatic rings. The maximum Gasteiger partial charge on any atom is 0.289 e. The van der Waals surface area contributed by atoms with Gasteiger partial charge >= 0.3 is 0 Å². The van der Waals surface area contributed by atoms with Crippen molar-refractivity contribution in [3.05, 3.63) is 36.1 Å². The fraction of sp³-hybridized carbons (Fsp3) is 0.500. The number of carbonyl (C=O) groups excluding carboxylic acids is 1. The van der Waals surface area contributed by atoms with Gasteiger partial charge in [-0.05, 0) is 51.4 Å². The summed E-state index contributed by atoms with van der Waals surface area (Å²) < 4.78 is 5.78. The molecule has 4 rings (SSSR count). The van der Waals surface area contributed by atoms with Gasteiger partial charge in [0.25, 0.3) is 5.91 Å². The maximum absolute atomic E-state index is 12.9. The van der Waals surface area contributed by atoms with Crippen LogP contribution in [0.1, 0.15) is 36.2 Å². The lowest BCUT2D eigenvalue weighted by Gasteiger charge is -2.32. The number of nitrogens with zero attached hydrogens (tertiary/aromatic N) is 2. The summed E-state index contributed by atoms with van der Waals surface area (Å²) in [5.41, 5.74) is 0.791. The average molecular weight is 298 g/mol. The molecule has 1 amide bonds. The first-order chi connectivity index (χ1) is 10.7. The number of carbonyl (C=O) groups is 1. The average Bonchev–Trinajstić information content (AvgIpc) is 3.24. The van der Waals surface area contributed by atoms with E-state index in [9.17, 15) is 4.79 Å². The molecule has 0 spiro atoms. The van der Waals surface area contributed by atoms with Gasteiger partial charge < -0.3 is 14.2 Å². The highest BCUT2D eigenvalue weighted by Gasteiger charge is 2.39. The van der Waals surface area contributed by atoms with Crippen molar-refractivity contribution in [1.29, 1.82) is 0 Å². The van der Waals surface area contributed by atoms with Gasteiger partial charge in [0, 0.05) is 24.0 Å². The van der Waals surface area contributed by atoms with Crippen LogP contribution in [0.3, 0.4) is 0 Å². The lowest BCUT2D eigenvalue weighted by Crippen LogP contribution is -2.47. The molecule has 1 aromatic carbocycles. The number of likely N-dealkylation sites (tertiary alicyclic amines) is 2. The Balaban J connectivity index is 1.60. The van der Waals surface area contributed by atoms with Gasteiger partial charge in [-0.3, -0.25) is 4.79 Å². The van der Waals surface area contributed by atoms with E-state index in [1.807, 2.05) is 35.2 Å². The molecule has 116 valence electrons. The Kier molecular flexibility index (Phi) is 3.41. The Bertz CT molecular complexity index is 660. The second-order valence-corrected chi connectivity index (χ2v) is 6.55. The second kappa shape index (κ2) is 5.43. The van der Waals surface area contributed by atoms with E-state index in [1.165, 1.54) is 12.8 Å². The fourth-order valence-electron chi connectivity index (χ4n) is 4.10. The van der Waals surface area contributed by atoms with E-state index in [4.69, 9.17) is 4.42 Å². The quantitative estimate of drug-likeness (QED) is 0.854. The van der Waals surface area contributed by atoms with Gasteiger partial charge in [0.15, 0.2) is 5.76 Å². The van der Waals surface area contributed by atoms with E-state index in [1.54, 1.807) is 0 Å². The predicted octanol–water partition coefficient (Wildman–Crippen LogP) is 3.13. The first-order valence-corrected chi connectivity index (χ1v) is 8.24. The lowest BCUT2D eigenvalue weighted by atomic mass is 10.0. The highest BCUT2D eigenvalue weighted by Crippen LogP contribution is 2.31. The molecular formula is C18H22N2O2. The number of fused-ring (bicyclic) bond motifs is 1. The summed E-state index contributed by atoms with van der Waals surface area (Å²) in [5, 5.41) is 1.000. The molecule has 0 radical (unpaired) electrons. The highest BCUT2D eigenvalue weighted by atomic mass is 16.3. The van der Waals surface area contributed by atoms with Gasteiger partial charge in [0.05, 0.1) is 0 Å². The number of hydrogen-bond acceptors (Lipinski definition) is 3. The first-order valence-electron chi connectivity index (χ1n) is 8.24. The Hall–Kier alpha value is -1.81. The molecule has 2 aromatic rings. The van der Waals surface area contributed by atoms with Crippen LogP contribution in [0.25, 0.3) is 11.0 Å². The SMILES string of the molecule is CN1CCCC1C1CCCN1C(=O)c1cc2ccccc2o1. The largest absolute Gasteiger partial charge is 0.451 e. The first kappa shape index (κ1) is 13.8. The van der Waals surface area contributed by atoms with Crippen molar-refractivity contribution in [2.45, 2.75) is 37.8 Å². The van der Waals surface area contributed by atoms with Gasteiger partial charge in [-0.2, -0.15) is 0 Å². The highest BCUT2D eigenvalue weighted by molar-refractivity contribution is 5.96. The Labute approximate surface area is 130 Å². The number of rotatable bonds is 2. The van der Waals surface area contributed by atoms with Gasteiger partial charge in [-0.25, -0.2) is 0 Å². The molecule has 2 fully saturated rings. The van der Waals surface area contributed by atoms with Crippen molar-refractivity contribution in [2.24, 2.45) is 0 Å². The summed E-state index contributed by atoms with van der Waals surface area (Å²) in [5.74, 6) is 0.535.